The maximum Gasteiger partial charge on any atom is 0.335 e. The predicted octanol–water partition coefficient (Wildman–Crippen LogP) is 4.71. The van der Waals surface area contributed by atoms with Crippen molar-refractivity contribution in [1.29, 1.82) is 0 Å². The molecule has 3 aromatic heterocycles. The van der Waals surface area contributed by atoms with E-state index >= 15 is 0 Å². The van der Waals surface area contributed by atoms with E-state index in [1.54, 1.807) is 22.9 Å². The number of aromatic hydroxyl groups is 1. The van der Waals surface area contributed by atoms with Crippen molar-refractivity contribution < 1.29 is 5.11 Å². The second-order valence-electron chi connectivity index (χ2n) is 9.37. The summed E-state index contributed by atoms with van der Waals surface area (Å²) in [5.41, 5.74) is 6.55. The van der Waals surface area contributed by atoms with Gasteiger partial charge in [-0.05, 0) is 72.5 Å². The standard InChI is InChI=1S/C29H27N5O2/c1-20-4-2-15-30-26(20)19-32-17-14-24(18-32)34-28-27(5-3-16-31-28)33(29(34)36)23-10-6-21(7-11-23)22-8-12-25(35)13-9-22/h2-13,15-16,24,35H,14,17-19H2,1H3. The highest BCUT2D eigenvalue weighted by Gasteiger charge is 2.29. The molecule has 0 amide bonds. The average molecular weight is 478 g/mol. The fraction of sp³-hybridized carbons (Fsp3) is 0.207. The predicted molar refractivity (Wildman–Crippen MR) is 140 cm³/mol. The Kier molecular flexibility index (Phi) is 5.62. The molecule has 5 aromatic rings. The van der Waals surface area contributed by atoms with Crippen molar-refractivity contribution in [3.8, 4) is 22.6 Å². The minimum absolute atomic E-state index is 0.0523. The molecule has 0 aliphatic carbocycles. The summed E-state index contributed by atoms with van der Waals surface area (Å²) < 4.78 is 3.63. The molecule has 1 aliphatic rings. The number of aromatic nitrogens is 4. The molecule has 1 N–H and O–H groups in total. The van der Waals surface area contributed by atoms with E-state index in [0.29, 0.717) is 5.65 Å². The van der Waals surface area contributed by atoms with E-state index < -0.39 is 0 Å². The number of hydrogen-bond acceptors (Lipinski definition) is 5. The van der Waals surface area contributed by atoms with Crippen LogP contribution in [0, 0.1) is 6.92 Å². The van der Waals surface area contributed by atoms with Crippen LogP contribution in [0.3, 0.4) is 0 Å². The smallest absolute Gasteiger partial charge is 0.335 e. The number of phenols is 1. The van der Waals surface area contributed by atoms with Gasteiger partial charge in [-0.2, -0.15) is 0 Å². The van der Waals surface area contributed by atoms with Crippen molar-refractivity contribution in [2.75, 3.05) is 13.1 Å². The van der Waals surface area contributed by atoms with Crippen molar-refractivity contribution >= 4 is 11.2 Å². The number of rotatable bonds is 5. The Hall–Kier alpha value is -4.23. The monoisotopic (exact) mass is 477 g/mol. The van der Waals surface area contributed by atoms with Gasteiger partial charge in [0.05, 0.1) is 22.9 Å². The van der Waals surface area contributed by atoms with Crippen molar-refractivity contribution in [3.05, 3.63) is 107 Å². The molecule has 7 heteroatoms. The molecule has 4 heterocycles. The number of nitrogens with zero attached hydrogens (tertiary/aromatic N) is 5. The van der Waals surface area contributed by atoms with Crippen molar-refractivity contribution in [2.24, 2.45) is 0 Å². The number of phenolic OH excluding ortho intramolecular Hbond substituents is 1. The van der Waals surface area contributed by atoms with Gasteiger partial charge in [0.25, 0.3) is 0 Å². The van der Waals surface area contributed by atoms with E-state index in [2.05, 4.69) is 27.9 Å². The van der Waals surface area contributed by atoms with Crippen molar-refractivity contribution in [3.63, 3.8) is 0 Å². The van der Waals surface area contributed by atoms with Gasteiger partial charge in [-0.15, -0.1) is 0 Å². The zero-order valence-electron chi connectivity index (χ0n) is 20.1. The molecular weight excluding hydrogens is 450 g/mol. The Morgan fingerprint density at radius 3 is 2.36 bits per heavy atom. The molecule has 180 valence electrons. The first-order valence-corrected chi connectivity index (χ1v) is 12.2. The van der Waals surface area contributed by atoms with Gasteiger partial charge in [0, 0.05) is 32.0 Å². The van der Waals surface area contributed by atoms with Crippen LogP contribution in [-0.2, 0) is 6.54 Å². The molecule has 2 aromatic carbocycles. The molecule has 0 bridgehead atoms. The van der Waals surface area contributed by atoms with Crippen LogP contribution in [0.25, 0.3) is 28.0 Å². The van der Waals surface area contributed by atoms with E-state index in [1.807, 2.05) is 65.4 Å². The maximum absolute atomic E-state index is 13.8. The van der Waals surface area contributed by atoms with Crippen LogP contribution in [-0.4, -0.2) is 42.2 Å². The molecule has 1 unspecified atom stereocenters. The van der Waals surface area contributed by atoms with Crippen molar-refractivity contribution in [1.82, 2.24) is 24.0 Å². The van der Waals surface area contributed by atoms with Gasteiger partial charge in [-0.25, -0.2) is 9.78 Å². The number of hydrogen-bond donors (Lipinski definition) is 1. The normalized spacial score (nSPS) is 16.1. The number of benzene rings is 2. The molecular formula is C29H27N5O2. The van der Waals surface area contributed by atoms with Gasteiger partial charge >= 0.3 is 5.69 Å². The summed E-state index contributed by atoms with van der Waals surface area (Å²) in [6.45, 7) is 4.56. The van der Waals surface area contributed by atoms with Crippen LogP contribution in [0.4, 0.5) is 0 Å². The van der Waals surface area contributed by atoms with Gasteiger partial charge in [0.2, 0.25) is 0 Å². The van der Waals surface area contributed by atoms with Crippen LogP contribution in [0.5, 0.6) is 5.75 Å². The van der Waals surface area contributed by atoms with E-state index in [0.717, 1.165) is 54.1 Å². The molecule has 1 saturated heterocycles. The highest BCUT2D eigenvalue weighted by atomic mass is 16.3. The molecule has 0 radical (unpaired) electrons. The van der Waals surface area contributed by atoms with Gasteiger partial charge in [-0.1, -0.05) is 30.3 Å². The molecule has 1 aliphatic heterocycles. The van der Waals surface area contributed by atoms with E-state index in [4.69, 9.17) is 0 Å². The van der Waals surface area contributed by atoms with Gasteiger partial charge < -0.3 is 5.11 Å². The third-order valence-electron chi connectivity index (χ3n) is 7.06. The first-order chi connectivity index (χ1) is 17.6. The minimum atomic E-state index is -0.0676. The second-order valence-corrected chi connectivity index (χ2v) is 9.37. The lowest BCUT2D eigenvalue weighted by Crippen LogP contribution is -2.29. The zero-order chi connectivity index (χ0) is 24.6. The third-order valence-corrected chi connectivity index (χ3v) is 7.06. The lowest BCUT2D eigenvalue weighted by molar-refractivity contribution is 0.311. The maximum atomic E-state index is 13.8. The minimum Gasteiger partial charge on any atom is -0.508 e. The summed E-state index contributed by atoms with van der Waals surface area (Å²) in [7, 11) is 0. The SMILES string of the molecule is Cc1cccnc1CN1CCC(n2c(=O)n(-c3ccc(-c4ccc(O)cc4)cc3)c3cccnc32)C1. The fourth-order valence-electron chi connectivity index (χ4n) is 5.15. The molecule has 36 heavy (non-hydrogen) atoms. The first-order valence-electron chi connectivity index (χ1n) is 12.2. The second kappa shape index (κ2) is 9.09. The molecule has 0 spiro atoms. The molecule has 6 rings (SSSR count). The molecule has 0 saturated carbocycles. The van der Waals surface area contributed by atoms with Crippen molar-refractivity contribution in [2.45, 2.75) is 25.9 Å². The van der Waals surface area contributed by atoms with Gasteiger partial charge in [-0.3, -0.25) is 19.0 Å². The first kappa shape index (κ1) is 22.2. The summed E-state index contributed by atoms with van der Waals surface area (Å²) in [6.07, 6.45) is 4.48. The van der Waals surface area contributed by atoms with E-state index in [9.17, 15) is 9.90 Å². The van der Waals surface area contributed by atoms with Crippen LogP contribution in [0.2, 0.25) is 0 Å². The topological polar surface area (TPSA) is 76.2 Å². The zero-order valence-corrected chi connectivity index (χ0v) is 20.1. The Morgan fingerprint density at radius 1 is 0.917 bits per heavy atom. The molecule has 7 nitrogen and oxygen atoms in total. The van der Waals surface area contributed by atoms with Crippen LogP contribution in [0.15, 0.2) is 90.0 Å². The Balaban J connectivity index is 1.33. The Bertz CT molecular complexity index is 1590. The summed E-state index contributed by atoms with van der Waals surface area (Å²) in [6, 6.07) is 23.0. The van der Waals surface area contributed by atoms with Crippen LogP contribution < -0.4 is 5.69 Å². The highest BCUT2D eigenvalue weighted by molar-refractivity contribution is 5.75. The number of imidazole rings is 1. The average Bonchev–Trinajstić information content (AvgIpc) is 3.47. The van der Waals surface area contributed by atoms with E-state index in [-0.39, 0.29) is 17.5 Å². The largest absolute Gasteiger partial charge is 0.508 e. The highest BCUT2D eigenvalue weighted by Crippen LogP contribution is 2.28. The number of likely N-dealkylation sites (tertiary alicyclic amines) is 1. The third kappa shape index (κ3) is 3.97. The van der Waals surface area contributed by atoms with Crippen LogP contribution in [0.1, 0.15) is 23.7 Å². The number of aryl methyl sites for hydroxylation is 1. The lowest BCUT2D eigenvalue weighted by atomic mass is 10.1. The summed E-state index contributed by atoms with van der Waals surface area (Å²) in [5, 5.41) is 9.57. The van der Waals surface area contributed by atoms with E-state index in [1.165, 1.54) is 5.56 Å². The van der Waals surface area contributed by atoms with Crippen LogP contribution >= 0.6 is 0 Å². The van der Waals surface area contributed by atoms with Gasteiger partial charge in [0.15, 0.2) is 5.65 Å². The Labute approximate surface area is 208 Å². The molecule has 1 atom stereocenters. The number of pyridine rings is 2. The summed E-state index contributed by atoms with van der Waals surface area (Å²) >= 11 is 0. The molecule has 1 fully saturated rings. The lowest BCUT2D eigenvalue weighted by Gasteiger charge is -2.17. The summed E-state index contributed by atoms with van der Waals surface area (Å²) in [5.74, 6) is 0.239. The van der Waals surface area contributed by atoms with Gasteiger partial charge in [0.1, 0.15) is 5.75 Å². The Morgan fingerprint density at radius 2 is 1.61 bits per heavy atom. The quantitative estimate of drug-likeness (QED) is 0.397. The fourth-order valence-corrected chi connectivity index (χ4v) is 5.15. The number of fused-ring (bicyclic) bond motifs is 1. The summed E-state index contributed by atoms with van der Waals surface area (Å²) in [4.78, 5) is 25.3.